The molecule has 96 valence electrons. The van der Waals surface area contributed by atoms with Crippen LogP contribution in [-0.4, -0.2) is 12.0 Å². The number of nitrogens with zero attached hydrogens (tertiary/aromatic N) is 2. The zero-order valence-electron chi connectivity index (χ0n) is 10.5. The lowest BCUT2D eigenvalue weighted by molar-refractivity contribution is 0.895. The second kappa shape index (κ2) is 5.69. The van der Waals surface area contributed by atoms with Crippen LogP contribution in [-0.2, 0) is 13.1 Å². The molecule has 18 heavy (non-hydrogen) atoms. The first-order chi connectivity index (χ1) is 8.60. The van der Waals surface area contributed by atoms with Gasteiger partial charge in [0.25, 0.3) is 0 Å². The van der Waals surface area contributed by atoms with Crippen LogP contribution in [0.25, 0.3) is 0 Å². The maximum atomic E-state index is 5.93. The Morgan fingerprint density at radius 1 is 1.33 bits per heavy atom. The third kappa shape index (κ3) is 3.02. The Hall–Kier alpha value is -1.10. The van der Waals surface area contributed by atoms with E-state index in [-0.39, 0.29) is 0 Å². The summed E-state index contributed by atoms with van der Waals surface area (Å²) in [6.45, 7) is 3.33. The number of halogens is 1. The zero-order chi connectivity index (χ0) is 13.1. The molecule has 0 saturated carbocycles. The summed E-state index contributed by atoms with van der Waals surface area (Å²) in [5.41, 5.74) is 7.72. The van der Waals surface area contributed by atoms with Gasteiger partial charge in [0.1, 0.15) is 5.82 Å². The molecule has 0 aromatic carbocycles. The van der Waals surface area contributed by atoms with E-state index in [0.29, 0.717) is 6.54 Å². The lowest BCUT2D eigenvalue weighted by Gasteiger charge is -2.18. The molecule has 3 nitrogen and oxygen atoms in total. The molecule has 2 rings (SSSR count). The predicted molar refractivity (Wildman–Crippen MR) is 78.3 cm³/mol. The standard InChI is InChI=1S/C13H16ClN3S/c1-9-10(7-15)3-6-13(16-9)17(2)8-11-4-5-12(14)18-11/h3-6H,7-8,15H2,1-2H3. The van der Waals surface area contributed by atoms with E-state index in [2.05, 4.69) is 9.88 Å². The van der Waals surface area contributed by atoms with Gasteiger partial charge in [-0.2, -0.15) is 0 Å². The van der Waals surface area contributed by atoms with Gasteiger partial charge in [-0.25, -0.2) is 4.98 Å². The number of anilines is 1. The summed E-state index contributed by atoms with van der Waals surface area (Å²) in [7, 11) is 2.03. The minimum atomic E-state index is 0.531. The number of nitrogens with two attached hydrogens (primary N) is 1. The van der Waals surface area contributed by atoms with E-state index in [1.807, 2.05) is 38.2 Å². The number of pyridine rings is 1. The van der Waals surface area contributed by atoms with Crippen LogP contribution < -0.4 is 10.6 Å². The van der Waals surface area contributed by atoms with E-state index in [0.717, 1.165) is 28.0 Å². The molecule has 0 atom stereocenters. The number of aromatic nitrogens is 1. The Bertz CT molecular complexity index is 539. The molecule has 0 spiro atoms. The van der Waals surface area contributed by atoms with Crippen molar-refractivity contribution in [3.8, 4) is 0 Å². The van der Waals surface area contributed by atoms with E-state index in [4.69, 9.17) is 17.3 Å². The number of aryl methyl sites for hydroxylation is 1. The van der Waals surface area contributed by atoms with Gasteiger partial charge in [-0.05, 0) is 30.7 Å². The summed E-state index contributed by atoms with van der Waals surface area (Å²) in [5.74, 6) is 0.953. The van der Waals surface area contributed by atoms with Crippen molar-refractivity contribution in [2.45, 2.75) is 20.0 Å². The van der Waals surface area contributed by atoms with Crippen LogP contribution in [0.5, 0.6) is 0 Å². The van der Waals surface area contributed by atoms with Gasteiger partial charge in [-0.3, -0.25) is 0 Å². The van der Waals surface area contributed by atoms with Gasteiger partial charge in [0.2, 0.25) is 0 Å². The van der Waals surface area contributed by atoms with Crippen molar-refractivity contribution in [3.63, 3.8) is 0 Å². The molecule has 0 saturated heterocycles. The second-order valence-electron chi connectivity index (χ2n) is 4.18. The van der Waals surface area contributed by atoms with Crippen LogP contribution in [0, 0.1) is 6.92 Å². The molecule has 0 radical (unpaired) electrons. The van der Waals surface area contributed by atoms with E-state index in [9.17, 15) is 0 Å². The summed E-state index contributed by atoms with van der Waals surface area (Å²) in [4.78, 5) is 7.90. The predicted octanol–water partition coefficient (Wildman–Crippen LogP) is 3.20. The Balaban J connectivity index is 2.13. The fraction of sp³-hybridized carbons (Fsp3) is 0.308. The van der Waals surface area contributed by atoms with Crippen molar-refractivity contribution in [2.24, 2.45) is 5.73 Å². The second-order valence-corrected chi connectivity index (χ2v) is 5.98. The Morgan fingerprint density at radius 2 is 2.11 bits per heavy atom. The summed E-state index contributed by atoms with van der Waals surface area (Å²) >= 11 is 7.52. The first-order valence-corrected chi connectivity index (χ1v) is 6.91. The summed E-state index contributed by atoms with van der Waals surface area (Å²) in [5, 5.41) is 0. The number of hydrogen-bond donors (Lipinski definition) is 1. The molecule has 2 aromatic rings. The molecule has 2 N–H and O–H groups in total. The average molecular weight is 282 g/mol. The molecule has 0 fully saturated rings. The van der Waals surface area contributed by atoms with Gasteiger partial charge in [0, 0.05) is 24.2 Å². The smallest absolute Gasteiger partial charge is 0.128 e. The van der Waals surface area contributed by atoms with Crippen molar-refractivity contribution >= 4 is 28.8 Å². The van der Waals surface area contributed by atoms with Crippen LogP contribution in [0.2, 0.25) is 4.34 Å². The van der Waals surface area contributed by atoms with Gasteiger partial charge in [0.05, 0.1) is 10.9 Å². The van der Waals surface area contributed by atoms with Crippen molar-refractivity contribution < 1.29 is 0 Å². The van der Waals surface area contributed by atoms with Crippen molar-refractivity contribution in [1.29, 1.82) is 0 Å². The summed E-state index contributed by atoms with van der Waals surface area (Å²) < 4.78 is 0.820. The Labute approximate surface area is 116 Å². The SMILES string of the molecule is Cc1nc(N(C)Cc2ccc(Cl)s2)ccc1CN. The third-order valence-corrected chi connectivity index (χ3v) is 4.03. The van der Waals surface area contributed by atoms with E-state index < -0.39 is 0 Å². The number of hydrogen-bond acceptors (Lipinski definition) is 4. The zero-order valence-corrected chi connectivity index (χ0v) is 12.1. The van der Waals surface area contributed by atoms with E-state index in [1.165, 1.54) is 4.88 Å². The molecule has 0 bridgehead atoms. The molecule has 0 aliphatic carbocycles. The monoisotopic (exact) mass is 281 g/mol. The highest BCUT2D eigenvalue weighted by Crippen LogP contribution is 2.24. The number of rotatable bonds is 4. The number of thiophene rings is 1. The fourth-order valence-corrected chi connectivity index (χ4v) is 2.90. The minimum Gasteiger partial charge on any atom is -0.355 e. The van der Waals surface area contributed by atoms with Gasteiger partial charge in [0.15, 0.2) is 0 Å². The van der Waals surface area contributed by atoms with Crippen LogP contribution >= 0.6 is 22.9 Å². The summed E-state index contributed by atoms with van der Waals surface area (Å²) in [6, 6.07) is 8.01. The highest BCUT2D eigenvalue weighted by Gasteiger charge is 2.07. The molecule has 0 unspecified atom stereocenters. The van der Waals surface area contributed by atoms with Gasteiger partial charge in [-0.15, -0.1) is 11.3 Å². The normalized spacial score (nSPS) is 10.7. The first-order valence-electron chi connectivity index (χ1n) is 5.72. The van der Waals surface area contributed by atoms with Crippen LogP contribution in [0.4, 0.5) is 5.82 Å². The third-order valence-electron chi connectivity index (χ3n) is 2.81. The lowest BCUT2D eigenvalue weighted by Crippen LogP contribution is -2.17. The molecular formula is C13H16ClN3S. The Kier molecular flexibility index (Phi) is 4.22. The molecular weight excluding hydrogens is 266 g/mol. The van der Waals surface area contributed by atoms with Crippen molar-refractivity contribution in [2.75, 3.05) is 11.9 Å². The van der Waals surface area contributed by atoms with Gasteiger partial charge < -0.3 is 10.6 Å². The fourth-order valence-electron chi connectivity index (χ4n) is 1.76. The Morgan fingerprint density at radius 3 is 2.67 bits per heavy atom. The van der Waals surface area contributed by atoms with Crippen LogP contribution in [0.3, 0.4) is 0 Å². The van der Waals surface area contributed by atoms with E-state index >= 15 is 0 Å². The minimum absolute atomic E-state index is 0.531. The van der Waals surface area contributed by atoms with Gasteiger partial charge in [-0.1, -0.05) is 17.7 Å². The quantitative estimate of drug-likeness (QED) is 0.936. The highest BCUT2D eigenvalue weighted by molar-refractivity contribution is 7.16. The molecule has 0 amide bonds. The molecule has 0 aliphatic rings. The van der Waals surface area contributed by atoms with Crippen LogP contribution in [0.15, 0.2) is 24.3 Å². The van der Waals surface area contributed by atoms with E-state index in [1.54, 1.807) is 11.3 Å². The maximum absolute atomic E-state index is 5.93. The van der Waals surface area contributed by atoms with Gasteiger partial charge >= 0.3 is 0 Å². The summed E-state index contributed by atoms with van der Waals surface area (Å²) in [6.07, 6.45) is 0. The molecule has 5 heteroatoms. The molecule has 2 heterocycles. The first kappa shape index (κ1) is 13.3. The topological polar surface area (TPSA) is 42.2 Å². The van der Waals surface area contributed by atoms with Crippen LogP contribution in [0.1, 0.15) is 16.1 Å². The van der Waals surface area contributed by atoms with Crippen molar-refractivity contribution in [1.82, 2.24) is 4.98 Å². The largest absolute Gasteiger partial charge is 0.355 e. The molecule has 2 aromatic heterocycles. The lowest BCUT2D eigenvalue weighted by atomic mass is 10.2. The average Bonchev–Trinajstić information content (AvgIpc) is 2.74. The maximum Gasteiger partial charge on any atom is 0.128 e. The highest BCUT2D eigenvalue weighted by atomic mass is 35.5. The van der Waals surface area contributed by atoms with Crippen molar-refractivity contribution in [3.05, 3.63) is 44.7 Å². The molecule has 0 aliphatic heterocycles.